The number of rotatable bonds is 4. The molecule has 2 aromatic rings. The van der Waals surface area contributed by atoms with Gasteiger partial charge in [0.1, 0.15) is 5.82 Å². The molecule has 3 heteroatoms. The van der Waals surface area contributed by atoms with Crippen molar-refractivity contribution in [1.29, 1.82) is 0 Å². The summed E-state index contributed by atoms with van der Waals surface area (Å²) in [6.07, 6.45) is 3.42. The van der Waals surface area contributed by atoms with E-state index in [2.05, 4.69) is 29.7 Å². The molecule has 0 spiro atoms. The Kier molecular flexibility index (Phi) is 2.83. The van der Waals surface area contributed by atoms with Crippen molar-refractivity contribution in [3.8, 4) is 0 Å². The predicted molar refractivity (Wildman–Crippen MR) is 71.6 cm³/mol. The maximum absolute atomic E-state index is 5.88. The minimum atomic E-state index is 0.646. The third-order valence-corrected chi connectivity index (χ3v) is 3.92. The van der Waals surface area contributed by atoms with Crippen LogP contribution in [0, 0.1) is 5.92 Å². The number of hydrogen-bond donors (Lipinski definition) is 0. The number of fused-ring (bicyclic) bond motifs is 1. The summed E-state index contributed by atoms with van der Waals surface area (Å²) in [5, 5.41) is 0. The molecule has 0 bridgehead atoms. The molecule has 90 valence electrons. The standard InChI is InChI=1S/C14H17ClN2/c1-2-10-9-13(10)17-12-6-4-3-5-11(12)16-14(17)7-8-15/h3-6,10,13H,2,7-9H2,1H3. The second-order valence-electron chi connectivity index (χ2n) is 4.80. The van der Waals surface area contributed by atoms with Crippen molar-refractivity contribution in [3.05, 3.63) is 30.1 Å². The van der Waals surface area contributed by atoms with E-state index in [-0.39, 0.29) is 0 Å². The lowest BCUT2D eigenvalue weighted by molar-refractivity contribution is 0.629. The number of hydrogen-bond acceptors (Lipinski definition) is 1. The first-order valence-corrected chi connectivity index (χ1v) is 6.90. The van der Waals surface area contributed by atoms with E-state index < -0.39 is 0 Å². The van der Waals surface area contributed by atoms with Crippen LogP contribution < -0.4 is 0 Å². The number of aromatic nitrogens is 2. The van der Waals surface area contributed by atoms with Gasteiger partial charge in [0.25, 0.3) is 0 Å². The van der Waals surface area contributed by atoms with E-state index in [0.717, 1.165) is 23.7 Å². The first kappa shape index (κ1) is 11.1. The lowest BCUT2D eigenvalue weighted by Gasteiger charge is -2.07. The highest BCUT2D eigenvalue weighted by Crippen LogP contribution is 2.47. The Labute approximate surface area is 107 Å². The number of para-hydroxylation sites is 2. The highest BCUT2D eigenvalue weighted by Gasteiger charge is 2.38. The average Bonchev–Trinajstić information content (AvgIpc) is 3.03. The first-order chi connectivity index (χ1) is 8.35. The van der Waals surface area contributed by atoms with Gasteiger partial charge in [-0.25, -0.2) is 4.98 Å². The summed E-state index contributed by atoms with van der Waals surface area (Å²) < 4.78 is 2.42. The fraction of sp³-hybridized carbons (Fsp3) is 0.500. The summed E-state index contributed by atoms with van der Waals surface area (Å²) in [6.45, 7) is 2.27. The molecule has 3 rings (SSSR count). The van der Waals surface area contributed by atoms with E-state index >= 15 is 0 Å². The quantitative estimate of drug-likeness (QED) is 0.753. The van der Waals surface area contributed by atoms with Gasteiger partial charge >= 0.3 is 0 Å². The minimum absolute atomic E-state index is 0.646. The third-order valence-electron chi connectivity index (χ3n) is 3.73. The van der Waals surface area contributed by atoms with Gasteiger partial charge in [0.2, 0.25) is 0 Å². The maximum Gasteiger partial charge on any atom is 0.111 e. The van der Waals surface area contributed by atoms with Gasteiger partial charge in [-0.3, -0.25) is 0 Å². The molecule has 17 heavy (non-hydrogen) atoms. The Balaban J connectivity index is 2.09. The first-order valence-electron chi connectivity index (χ1n) is 6.37. The average molecular weight is 249 g/mol. The molecule has 0 aliphatic heterocycles. The van der Waals surface area contributed by atoms with E-state index in [9.17, 15) is 0 Å². The molecule has 0 N–H and O–H groups in total. The number of alkyl halides is 1. The van der Waals surface area contributed by atoms with E-state index in [1.807, 2.05) is 6.07 Å². The zero-order valence-corrected chi connectivity index (χ0v) is 10.8. The lowest BCUT2D eigenvalue weighted by Crippen LogP contribution is -2.03. The van der Waals surface area contributed by atoms with Crippen LogP contribution in [0.2, 0.25) is 0 Å². The molecule has 1 heterocycles. The molecule has 2 unspecified atom stereocenters. The smallest absolute Gasteiger partial charge is 0.111 e. The van der Waals surface area contributed by atoms with Gasteiger partial charge in [0.15, 0.2) is 0 Å². The number of benzene rings is 1. The summed E-state index contributed by atoms with van der Waals surface area (Å²) in [5.74, 6) is 2.64. The number of halogens is 1. The van der Waals surface area contributed by atoms with Crippen LogP contribution in [0.4, 0.5) is 0 Å². The zero-order valence-electron chi connectivity index (χ0n) is 10.1. The van der Waals surface area contributed by atoms with Gasteiger partial charge in [-0.1, -0.05) is 25.5 Å². The Morgan fingerprint density at radius 1 is 1.41 bits per heavy atom. The van der Waals surface area contributed by atoms with Crippen LogP contribution in [0.3, 0.4) is 0 Å². The molecule has 2 nitrogen and oxygen atoms in total. The molecular formula is C14H17ClN2. The van der Waals surface area contributed by atoms with E-state index in [4.69, 9.17) is 16.6 Å². The molecule has 1 aliphatic rings. The maximum atomic E-state index is 5.88. The van der Waals surface area contributed by atoms with Gasteiger partial charge < -0.3 is 4.57 Å². The highest BCUT2D eigenvalue weighted by molar-refractivity contribution is 6.17. The van der Waals surface area contributed by atoms with Gasteiger partial charge in [-0.05, 0) is 24.5 Å². The fourth-order valence-electron chi connectivity index (χ4n) is 2.71. The largest absolute Gasteiger partial charge is 0.325 e. The van der Waals surface area contributed by atoms with Crippen LogP contribution in [0.1, 0.15) is 31.6 Å². The lowest BCUT2D eigenvalue weighted by atomic mass is 10.3. The highest BCUT2D eigenvalue weighted by atomic mass is 35.5. The van der Waals surface area contributed by atoms with Gasteiger partial charge in [-0.2, -0.15) is 0 Å². The Morgan fingerprint density at radius 3 is 2.94 bits per heavy atom. The van der Waals surface area contributed by atoms with E-state index in [1.54, 1.807) is 0 Å². The fourth-order valence-corrected chi connectivity index (χ4v) is 2.88. The van der Waals surface area contributed by atoms with Crippen LogP contribution in [0.5, 0.6) is 0 Å². The zero-order chi connectivity index (χ0) is 11.8. The molecule has 0 amide bonds. The third kappa shape index (κ3) is 1.85. The molecule has 0 radical (unpaired) electrons. The van der Waals surface area contributed by atoms with Crippen molar-refractivity contribution in [3.63, 3.8) is 0 Å². The second kappa shape index (κ2) is 4.34. The van der Waals surface area contributed by atoms with Crippen molar-refractivity contribution < 1.29 is 0 Å². The predicted octanol–water partition coefficient (Wildman–Crippen LogP) is 3.79. The van der Waals surface area contributed by atoms with Crippen molar-refractivity contribution in [1.82, 2.24) is 9.55 Å². The summed E-state index contributed by atoms with van der Waals surface area (Å²) in [6, 6.07) is 9.06. The number of imidazole rings is 1. The molecule has 1 aromatic heterocycles. The normalized spacial score (nSPS) is 23.2. The Hall–Kier alpha value is -1.02. The molecule has 2 atom stereocenters. The summed E-state index contributed by atoms with van der Waals surface area (Å²) in [5.41, 5.74) is 2.38. The van der Waals surface area contributed by atoms with Crippen LogP contribution in [-0.4, -0.2) is 15.4 Å². The molecule has 0 saturated heterocycles. The monoisotopic (exact) mass is 248 g/mol. The summed E-state index contributed by atoms with van der Waals surface area (Å²) >= 11 is 5.88. The van der Waals surface area contributed by atoms with Crippen molar-refractivity contribution in [2.24, 2.45) is 5.92 Å². The van der Waals surface area contributed by atoms with E-state index in [0.29, 0.717) is 11.9 Å². The van der Waals surface area contributed by atoms with Crippen LogP contribution >= 0.6 is 11.6 Å². The van der Waals surface area contributed by atoms with Crippen molar-refractivity contribution >= 4 is 22.6 Å². The SMILES string of the molecule is CCC1CC1n1c(CCCl)nc2ccccc21. The Morgan fingerprint density at radius 2 is 2.24 bits per heavy atom. The van der Waals surface area contributed by atoms with E-state index in [1.165, 1.54) is 18.4 Å². The van der Waals surface area contributed by atoms with Gasteiger partial charge in [-0.15, -0.1) is 11.6 Å². The van der Waals surface area contributed by atoms with Crippen molar-refractivity contribution in [2.45, 2.75) is 32.2 Å². The number of aryl methyl sites for hydroxylation is 1. The van der Waals surface area contributed by atoms with Crippen LogP contribution in [-0.2, 0) is 6.42 Å². The topological polar surface area (TPSA) is 17.8 Å². The van der Waals surface area contributed by atoms with Crippen molar-refractivity contribution in [2.75, 3.05) is 5.88 Å². The molecule has 1 aliphatic carbocycles. The van der Waals surface area contributed by atoms with Gasteiger partial charge in [0, 0.05) is 18.3 Å². The minimum Gasteiger partial charge on any atom is -0.325 e. The molecule has 1 aromatic carbocycles. The molecular weight excluding hydrogens is 232 g/mol. The second-order valence-corrected chi connectivity index (χ2v) is 5.18. The summed E-state index contributed by atoms with van der Waals surface area (Å²) in [4.78, 5) is 4.71. The Bertz CT molecular complexity index is 532. The van der Waals surface area contributed by atoms with Gasteiger partial charge in [0.05, 0.1) is 11.0 Å². The summed E-state index contributed by atoms with van der Waals surface area (Å²) in [7, 11) is 0. The van der Waals surface area contributed by atoms with Crippen LogP contribution in [0.15, 0.2) is 24.3 Å². The number of nitrogens with zero attached hydrogens (tertiary/aromatic N) is 2. The molecule has 1 saturated carbocycles. The van der Waals surface area contributed by atoms with Crippen LogP contribution in [0.25, 0.3) is 11.0 Å². The molecule has 1 fully saturated rings.